The Kier molecular flexibility index (Phi) is 9.43. The highest BCUT2D eigenvalue weighted by Gasteiger charge is 2.36. The van der Waals surface area contributed by atoms with Crippen molar-refractivity contribution in [3.63, 3.8) is 0 Å². The van der Waals surface area contributed by atoms with Crippen molar-refractivity contribution < 1.29 is 42.1 Å². The van der Waals surface area contributed by atoms with Gasteiger partial charge in [-0.2, -0.15) is 13.2 Å². The summed E-state index contributed by atoms with van der Waals surface area (Å²) < 4.78 is 49.6. The molecule has 0 saturated carbocycles. The monoisotopic (exact) mass is 482 g/mol. The van der Waals surface area contributed by atoms with Crippen molar-refractivity contribution in [3.8, 4) is 0 Å². The maximum absolute atomic E-state index is 13.3. The molecule has 0 aromatic heterocycles. The molecule has 0 fully saturated rings. The molecule has 8 nitrogen and oxygen atoms in total. The highest BCUT2D eigenvalue weighted by molar-refractivity contribution is 5.90. The molecular formula is C23H25F3N2O6. The Morgan fingerprint density at radius 2 is 1.62 bits per heavy atom. The number of hydrogen-bond donors (Lipinski definition) is 3. The summed E-state index contributed by atoms with van der Waals surface area (Å²) in [7, 11) is 1.02. The molecule has 11 heteroatoms. The van der Waals surface area contributed by atoms with Crippen molar-refractivity contribution in [1.29, 1.82) is 0 Å². The van der Waals surface area contributed by atoms with Crippen LogP contribution in [0.5, 0.6) is 0 Å². The Hall–Kier alpha value is -3.60. The SMILES string of the molecule is COC(=O)[C@@H](Cc1ccccc1C(F)(F)F)NC(=O)[C@@H](NC(=O)OCc1ccccc1)[C@@H](C)O. The number of rotatable bonds is 9. The van der Waals surface area contributed by atoms with Crippen molar-refractivity contribution in [3.05, 3.63) is 71.3 Å². The van der Waals surface area contributed by atoms with Gasteiger partial charge in [0.1, 0.15) is 18.7 Å². The number of ether oxygens (including phenoxy) is 2. The molecule has 0 aliphatic rings. The summed E-state index contributed by atoms with van der Waals surface area (Å²) >= 11 is 0. The van der Waals surface area contributed by atoms with Crippen LogP contribution in [0.15, 0.2) is 54.6 Å². The summed E-state index contributed by atoms with van der Waals surface area (Å²) in [4.78, 5) is 37.0. The molecule has 0 aliphatic heterocycles. The third-order valence-corrected chi connectivity index (χ3v) is 4.80. The Bertz CT molecular complexity index is 982. The van der Waals surface area contributed by atoms with E-state index >= 15 is 0 Å². The van der Waals surface area contributed by atoms with Gasteiger partial charge in [-0.05, 0) is 24.1 Å². The fourth-order valence-electron chi connectivity index (χ4n) is 3.09. The van der Waals surface area contributed by atoms with Crippen molar-refractivity contribution in [2.75, 3.05) is 7.11 Å². The molecule has 3 N–H and O–H groups in total. The first-order chi connectivity index (χ1) is 16.0. The second-order valence-corrected chi connectivity index (χ2v) is 7.37. The number of esters is 1. The van der Waals surface area contributed by atoms with Crippen molar-refractivity contribution >= 4 is 18.0 Å². The van der Waals surface area contributed by atoms with Gasteiger partial charge in [0.15, 0.2) is 0 Å². The quantitative estimate of drug-likeness (QED) is 0.474. The molecule has 2 aromatic carbocycles. The maximum Gasteiger partial charge on any atom is 0.416 e. The zero-order valence-electron chi connectivity index (χ0n) is 18.5. The van der Waals surface area contributed by atoms with E-state index in [1.54, 1.807) is 30.3 Å². The summed E-state index contributed by atoms with van der Waals surface area (Å²) in [6.45, 7) is 1.12. The fraction of sp³-hybridized carbons (Fsp3) is 0.348. The van der Waals surface area contributed by atoms with Crippen LogP contribution in [-0.2, 0) is 38.3 Å². The van der Waals surface area contributed by atoms with Gasteiger partial charge in [0.25, 0.3) is 0 Å². The van der Waals surface area contributed by atoms with E-state index in [1.165, 1.54) is 25.1 Å². The van der Waals surface area contributed by atoms with Crippen LogP contribution in [-0.4, -0.2) is 48.4 Å². The van der Waals surface area contributed by atoms with E-state index in [2.05, 4.69) is 15.4 Å². The zero-order chi connectivity index (χ0) is 25.3. The number of alkyl carbamates (subject to hydrolysis) is 1. The lowest BCUT2D eigenvalue weighted by atomic mass is 9.99. The van der Waals surface area contributed by atoms with Crippen LogP contribution >= 0.6 is 0 Å². The first kappa shape index (κ1) is 26.7. The summed E-state index contributed by atoms with van der Waals surface area (Å²) in [6.07, 6.45) is -7.63. The number of nitrogens with one attached hydrogen (secondary N) is 2. The lowest BCUT2D eigenvalue weighted by molar-refractivity contribution is -0.146. The van der Waals surface area contributed by atoms with Gasteiger partial charge >= 0.3 is 18.2 Å². The largest absolute Gasteiger partial charge is 0.467 e. The van der Waals surface area contributed by atoms with Crippen LogP contribution in [0.3, 0.4) is 0 Å². The van der Waals surface area contributed by atoms with Gasteiger partial charge < -0.3 is 25.2 Å². The third kappa shape index (κ3) is 7.77. The van der Waals surface area contributed by atoms with Gasteiger partial charge in [0.2, 0.25) is 5.91 Å². The Balaban J connectivity index is 2.11. The van der Waals surface area contributed by atoms with E-state index in [0.29, 0.717) is 5.56 Å². The minimum Gasteiger partial charge on any atom is -0.467 e. The van der Waals surface area contributed by atoms with Gasteiger partial charge in [-0.15, -0.1) is 0 Å². The lowest BCUT2D eigenvalue weighted by Crippen LogP contribution is -2.56. The highest BCUT2D eigenvalue weighted by Crippen LogP contribution is 2.32. The summed E-state index contributed by atoms with van der Waals surface area (Å²) in [5, 5.41) is 14.4. The van der Waals surface area contributed by atoms with Crippen LogP contribution < -0.4 is 10.6 Å². The molecule has 2 aromatic rings. The molecule has 2 amide bonds. The molecule has 2 rings (SSSR count). The molecule has 34 heavy (non-hydrogen) atoms. The van der Waals surface area contributed by atoms with E-state index in [-0.39, 0.29) is 12.2 Å². The predicted molar refractivity (Wildman–Crippen MR) is 114 cm³/mol. The van der Waals surface area contributed by atoms with Crippen molar-refractivity contribution in [2.45, 2.75) is 44.3 Å². The van der Waals surface area contributed by atoms with Crippen LogP contribution in [0.25, 0.3) is 0 Å². The standard InChI is InChI=1S/C23H25F3N2O6/c1-14(29)19(28-22(32)34-13-15-8-4-3-5-9-15)20(30)27-18(21(31)33-2)12-16-10-6-7-11-17(16)23(24,25)26/h3-11,14,18-19,29H,12-13H2,1-2H3,(H,27,30)(H,28,32)/t14-,18-,19+/m1/s1. The van der Waals surface area contributed by atoms with Crippen LogP contribution in [0.4, 0.5) is 18.0 Å². The average Bonchev–Trinajstić information content (AvgIpc) is 2.80. The molecule has 0 radical (unpaired) electrons. The number of benzene rings is 2. The molecule has 184 valence electrons. The number of aliphatic hydroxyl groups is 1. The lowest BCUT2D eigenvalue weighted by Gasteiger charge is -2.24. The summed E-state index contributed by atoms with van der Waals surface area (Å²) in [5.74, 6) is -2.01. The van der Waals surface area contributed by atoms with E-state index in [1.807, 2.05) is 0 Å². The first-order valence-electron chi connectivity index (χ1n) is 10.2. The summed E-state index contributed by atoms with van der Waals surface area (Å²) in [6, 6.07) is 10.2. The van der Waals surface area contributed by atoms with E-state index in [4.69, 9.17) is 4.74 Å². The molecule has 0 spiro atoms. The molecule has 0 unspecified atom stereocenters. The number of halogens is 3. The molecule has 3 atom stereocenters. The van der Waals surface area contributed by atoms with Gasteiger partial charge in [-0.25, -0.2) is 9.59 Å². The Labute approximate surface area is 194 Å². The van der Waals surface area contributed by atoms with Gasteiger partial charge in [0.05, 0.1) is 18.8 Å². The molecule has 0 bridgehead atoms. The topological polar surface area (TPSA) is 114 Å². The van der Waals surface area contributed by atoms with Crippen LogP contribution in [0.1, 0.15) is 23.6 Å². The number of carbonyl (C=O) groups excluding carboxylic acids is 3. The minimum atomic E-state index is -4.67. The van der Waals surface area contributed by atoms with Gasteiger partial charge in [-0.1, -0.05) is 48.5 Å². The second kappa shape index (κ2) is 12.0. The van der Waals surface area contributed by atoms with E-state index < -0.39 is 54.3 Å². The average molecular weight is 482 g/mol. The van der Waals surface area contributed by atoms with E-state index in [9.17, 15) is 32.7 Å². The normalized spacial score (nSPS) is 13.8. The van der Waals surface area contributed by atoms with Gasteiger partial charge in [-0.3, -0.25) is 4.79 Å². The Morgan fingerprint density at radius 3 is 2.21 bits per heavy atom. The Morgan fingerprint density at radius 1 is 1.00 bits per heavy atom. The third-order valence-electron chi connectivity index (χ3n) is 4.80. The first-order valence-corrected chi connectivity index (χ1v) is 10.2. The molecular weight excluding hydrogens is 457 g/mol. The molecule has 0 heterocycles. The molecule has 0 saturated heterocycles. The number of hydrogen-bond acceptors (Lipinski definition) is 6. The van der Waals surface area contributed by atoms with Gasteiger partial charge in [0, 0.05) is 6.42 Å². The number of alkyl halides is 3. The highest BCUT2D eigenvalue weighted by atomic mass is 19.4. The number of amides is 2. The fourth-order valence-corrected chi connectivity index (χ4v) is 3.09. The smallest absolute Gasteiger partial charge is 0.416 e. The number of aliphatic hydroxyl groups excluding tert-OH is 1. The minimum absolute atomic E-state index is 0.0974. The number of methoxy groups -OCH3 is 1. The maximum atomic E-state index is 13.3. The number of carbonyl (C=O) groups is 3. The van der Waals surface area contributed by atoms with Crippen LogP contribution in [0, 0.1) is 0 Å². The summed E-state index contributed by atoms with van der Waals surface area (Å²) in [5.41, 5.74) is -0.521. The predicted octanol–water partition coefficient (Wildman–Crippen LogP) is 2.58. The van der Waals surface area contributed by atoms with Crippen molar-refractivity contribution in [1.82, 2.24) is 10.6 Å². The van der Waals surface area contributed by atoms with Crippen LogP contribution in [0.2, 0.25) is 0 Å². The van der Waals surface area contributed by atoms with E-state index in [0.717, 1.165) is 13.2 Å². The zero-order valence-corrected chi connectivity index (χ0v) is 18.5. The second-order valence-electron chi connectivity index (χ2n) is 7.37. The molecule has 0 aliphatic carbocycles. The van der Waals surface area contributed by atoms with Crippen molar-refractivity contribution in [2.24, 2.45) is 0 Å².